The van der Waals surface area contributed by atoms with Gasteiger partial charge in [0, 0.05) is 21.6 Å². The molecule has 0 spiro atoms. The highest BCUT2D eigenvalue weighted by molar-refractivity contribution is 14.1. The summed E-state index contributed by atoms with van der Waals surface area (Å²) in [6.45, 7) is 17.9. The number of unbranched alkanes of at least 4 members (excludes halogenated alkanes) is 2. The van der Waals surface area contributed by atoms with Crippen molar-refractivity contribution in [1.82, 2.24) is 4.98 Å². The average molecular weight is 737 g/mol. The van der Waals surface area contributed by atoms with E-state index in [2.05, 4.69) is 38.8 Å². The van der Waals surface area contributed by atoms with E-state index in [0.29, 0.717) is 36.0 Å². The molecule has 1 aromatic carbocycles. The molecule has 0 fully saturated rings. The van der Waals surface area contributed by atoms with Crippen LogP contribution in [0, 0.1) is 9.39 Å². The summed E-state index contributed by atoms with van der Waals surface area (Å²) in [5.41, 5.74) is -0.533. The Morgan fingerprint density at radius 1 is 1.05 bits per heavy atom. The molecule has 0 saturated carbocycles. The smallest absolute Gasteiger partial charge is 0.416 e. The maximum Gasteiger partial charge on any atom is 0.416 e. The van der Waals surface area contributed by atoms with Crippen molar-refractivity contribution in [1.29, 1.82) is 0 Å². The Kier molecular flexibility index (Phi) is 13.7. The zero-order chi connectivity index (χ0) is 31.7. The molecule has 2 rings (SSSR count). The Morgan fingerprint density at radius 3 is 2.33 bits per heavy atom. The first kappa shape index (κ1) is 36.4. The molecule has 0 bridgehead atoms. The van der Waals surface area contributed by atoms with Crippen LogP contribution in [0.2, 0.25) is 18.1 Å². The molecule has 0 N–H and O–H groups in total. The van der Waals surface area contributed by atoms with Gasteiger partial charge in [-0.15, -0.1) is 11.3 Å². The summed E-state index contributed by atoms with van der Waals surface area (Å²) in [5, 5.41) is 0.533. The van der Waals surface area contributed by atoms with Gasteiger partial charge in [0.15, 0.2) is 30.7 Å². The lowest BCUT2D eigenvalue weighted by Gasteiger charge is -2.36. The number of rotatable bonds is 14. The van der Waals surface area contributed by atoms with Crippen LogP contribution >= 0.6 is 33.9 Å². The van der Waals surface area contributed by atoms with Gasteiger partial charge < -0.3 is 18.6 Å². The van der Waals surface area contributed by atoms with E-state index in [4.69, 9.17) is 18.6 Å². The SMILES string of the molecule is COC(=O)c1nc(N(CCCCCO[Si](C)(C)C(C)(C)C)C(=O)OC(C)(C)C)sc1CCCOc1ccc(I)cc1F. The monoisotopic (exact) mass is 736 g/mol. The van der Waals surface area contributed by atoms with Crippen molar-refractivity contribution in [2.24, 2.45) is 0 Å². The van der Waals surface area contributed by atoms with Gasteiger partial charge in [-0.25, -0.2) is 19.0 Å². The molecule has 8 nitrogen and oxygen atoms in total. The fourth-order valence-corrected chi connectivity index (χ4v) is 6.21. The number of carbonyl (C=O) groups excluding carboxylic acids is 2. The van der Waals surface area contributed by atoms with Crippen LogP contribution in [-0.4, -0.2) is 57.8 Å². The summed E-state index contributed by atoms with van der Waals surface area (Å²) in [5.74, 6) is -0.819. The highest BCUT2D eigenvalue weighted by atomic mass is 127. The van der Waals surface area contributed by atoms with Crippen molar-refractivity contribution in [2.75, 3.05) is 31.8 Å². The number of aryl methyl sites for hydroxylation is 1. The number of halogens is 2. The zero-order valence-corrected chi connectivity index (χ0v) is 30.4. The van der Waals surface area contributed by atoms with Gasteiger partial charge in [-0.2, -0.15) is 0 Å². The minimum Gasteiger partial charge on any atom is -0.491 e. The second-order valence-corrected chi connectivity index (χ2v) is 19.7. The molecule has 0 unspecified atom stereocenters. The fourth-order valence-electron chi connectivity index (χ4n) is 3.56. The van der Waals surface area contributed by atoms with Gasteiger partial charge >= 0.3 is 12.1 Å². The maximum atomic E-state index is 14.1. The third-order valence-electron chi connectivity index (χ3n) is 6.90. The largest absolute Gasteiger partial charge is 0.491 e. The number of benzene rings is 1. The minimum atomic E-state index is -1.81. The molecule has 236 valence electrons. The number of hydrogen-bond acceptors (Lipinski definition) is 8. The summed E-state index contributed by atoms with van der Waals surface area (Å²) in [6.07, 6.45) is 2.90. The molecule has 2 aromatic rings. The predicted octanol–water partition coefficient (Wildman–Crippen LogP) is 8.62. The Labute approximate surface area is 268 Å². The van der Waals surface area contributed by atoms with Gasteiger partial charge in [0.2, 0.25) is 0 Å². The van der Waals surface area contributed by atoms with Crippen LogP contribution in [0.25, 0.3) is 0 Å². The van der Waals surface area contributed by atoms with Crippen LogP contribution in [-0.2, 0) is 20.3 Å². The number of aromatic nitrogens is 1. The molecule has 0 aliphatic carbocycles. The van der Waals surface area contributed by atoms with E-state index in [0.717, 1.165) is 22.8 Å². The van der Waals surface area contributed by atoms with E-state index in [-0.39, 0.29) is 23.1 Å². The Bertz CT molecular complexity index is 1200. The second kappa shape index (κ2) is 15.8. The highest BCUT2D eigenvalue weighted by Gasteiger charge is 2.36. The first-order valence-electron chi connectivity index (χ1n) is 14.3. The maximum absolute atomic E-state index is 14.1. The first-order valence-corrected chi connectivity index (χ1v) is 19.1. The average Bonchev–Trinajstić information content (AvgIpc) is 3.28. The molecule has 1 heterocycles. The lowest BCUT2D eigenvalue weighted by molar-refractivity contribution is 0.0569. The number of thiazole rings is 1. The van der Waals surface area contributed by atoms with E-state index in [1.54, 1.807) is 12.1 Å². The second-order valence-electron chi connectivity index (χ2n) is 12.6. The van der Waals surface area contributed by atoms with Crippen molar-refractivity contribution in [3.63, 3.8) is 0 Å². The Hall–Kier alpha value is -1.77. The first-order chi connectivity index (χ1) is 19.4. The van der Waals surface area contributed by atoms with Crippen LogP contribution < -0.4 is 9.64 Å². The summed E-state index contributed by atoms with van der Waals surface area (Å²) < 4.78 is 37.4. The molecule has 1 amide bonds. The molecular formula is C30H46FIN2O6SSi. The van der Waals surface area contributed by atoms with Gasteiger partial charge in [0.1, 0.15) is 5.60 Å². The van der Waals surface area contributed by atoms with Crippen LogP contribution in [0.5, 0.6) is 5.75 Å². The third kappa shape index (κ3) is 11.4. The number of methoxy groups -OCH3 is 1. The number of esters is 1. The fraction of sp³-hybridized carbons (Fsp3) is 0.633. The number of nitrogens with zero attached hydrogens (tertiary/aromatic N) is 2. The third-order valence-corrected chi connectivity index (χ3v) is 13.3. The van der Waals surface area contributed by atoms with Crippen LogP contribution in [0.4, 0.5) is 14.3 Å². The Morgan fingerprint density at radius 2 is 1.74 bits per heavy atom. The topological polar surface area (TPSA) is 87.2 Å². The minimum absolute atomic E-state index is 0.156. The lowest BCUT2D eigenvalue weighted by atomic mass is 10.2. The van der Waals surface area contributed by atoms with Crippen molar-refractivity contribution in [2.45, 2.75) is 97.4 Å². The van der Waals surface area contributed by atoms with Crippen molar-refractivity contribution >= 4 is 59.4 Å². The van der Waals surface area contributed by atoms with Crippen molar-refractivity contribution < 1.29 is 32.6 Å². The van der Waals surface area contributed by atoms with Gasteiger partial charge in [-0.05, 0) is 112 Å². The van der Waals surface area contributed by atoms with E-state index in [1.807, 2.05) is 43.4 Å². The number of hydrogen-bond donors (Lipinski definition) is 0. The number of amides is 1. The van der Waals surface area contributed by atoms with Crippen LogP contribution in [0.15, 0.2) is 18.2 Å². The molecule has 0 aliphatic heterocycles. The van der Waals surface area contributed by atoms with Crippen LogP contribution in [0.1, 0.15) is 82.6 Å². The predicted molar refractivity (Wildman–Crippen MR) is 177 cm³/mol. The van der Waals surface area contributed by atoms with Crippen LogP contribution in [0.3, 0.4) is 0 Å². The van der Waals surface area contributed by atoms with E-state index in [1.165, 1.54) is 29.4 Å². The summed E-state index contributed by atoms with van der Waals surface area (Å²) in [7, 11) is -0.508. The molecule has 0 saturated heterocycles. The molecule has 0 aliphatic rings. The molecule has 1 aromatic heterocycles. The Balaban J connectivity index is 2.11. The highest BCUT2D eigenvalue weighted by Crippen LogP contribution is 2.36. The van der Waals surface area contributed by atoms with Gasteiger partial charge in [-0.3, -0.25) is 4.90 Å². The summed E-state index contributed by atoms with van der Waals surface area (Å²) >= 11 is 3.29. The van der Waals surface area contributed by atoms with Gasteiger partial charge in [-0.1, -0.05) is 20.8 Å². The molecule has 12 heteroatoms. The number of ether oxygens (including phenoxy) is 3. The summed E-state index contributed by atoms with van der Waals surface area (Å²) in [6, 6.07) is 4.78. The zero-order valence-electron chi connectivity index (χ0n) is 26.4. The molecular weight excluding hydrogens is 690 g/mol. The quantitative estimate of drug-likeness (QED) is 0.0831. The molecule has 42 heavy (non-hydrogen) atoms. The van der Waals surface area contributed by atoms with Gasteiger partial charge in [0.05, 0.1) is 13.7 Å². The lowest BCUT2D eigenvalue weighted by Crippen LogP contribution is -2.41. The standard InChI is InChI=1S/C30H46FIN2O6SSi/c1-29(2,3)40-28(36)34(17-11-10-12-19-39-42(8,9)30(4,5)6)27-33-25(26(35)37-7)24(41-27)14-13-18-38-23-16-15-21(32)20-22(23)31/h15-16,20H,10-14,17-19H2,1-9H3. The number of carbonyl (C=O) groups is 2. The number of anilines is 1. The van der Waals surface area contributed by atoms with E-state index >= 15 is 0 Å². The molecule has 0 atom stereocenters. The van der Waals surface area contributed by atoms with E-state index in [9.17, 15) is 14.0 Å². The normalized spacial score (nSPS) is 12.3. The van der Waals surface area contributed by atoms with Gasteiger partial charge in [0.25, 0.3) is 0 Å². The summed E-state index contributed by atoms with van der Waals surface area (Å²) in [4.78, 5) is 32.5. The molecule has 0 radical (unpaired) electrons. The van der Waals surface area contributed by atoms with Crippen molar-refractivity contribution in [3.05, 3.63) is 38.2 Å². The van der Waals surface area contributed by atoms with Crippen molar-refractivity contribution in [3.8, 4) is 5.75 Å². The van der Waals surface area contributed by atoms with E-state index < -0.39 is 31.8 Å².